The summed E-state index contributed by atoms with van der Waals surface area (Å²) in [6.45, 7) is 6.82. The van der Waals surface area contributed by atoms with Gasteiger partial charge in [-0.2, -0.15) is 0 Å². The van der Waals surface area contributed by atoms with Gasteiger partial charge in [0.15, 0.2) is 0 Å². The molecule has 0 bridgehead atoms. The highest BCUT2D eigenvalue weighted by atomic mass is 14.2. The van der Waals surface area contributed by atoms with Gasteiger partial charge in [-0.05, 0) is 30.3 Å². The second-order valence-electron chi connectivity index (χ2n) is 3.31. The number of hydrogen-bond donors (Lipinski definition) is 0. The molecule has 1 aliphatic rings. The minimum atomic E-state index is 0.691. The van der Waals surface area contributed by atoms with Gasteiger partial charge in [0.1, 0.15) is 0 Å². The van der Waals surface area contributed by atoms with Crippen LogP contribution >= 0.6 is 0 Å². The summed E-state index contributed by atoms with van der Waals surface area (Å²) >= 11 is 0. The molecule has 0 aromatic rings. The standard InChI is InChI=1S/C9H15/c1-7-4-5-8(2)9(3)6-7/h5,7-9H,6H2,1-3H3. The van der Waals surface area contributed by atoms with E-state index in [0.29, 0.717) is 5.92 Å². The topological polar surface area (TPSA) is 0 Å². The van der Waals surface area contributed by atoms with E-state index < -0.39 is 0 Å². The molecule has 0 amide bonds. The highest BCUT2D eigenvalue weighted by Gasteiger charge is 2.16. The molecule has 51 valence electrons. The van der Waals surface area contributed by atoms with Crippen molar-refractivity contribution >= 4 is 0 Å². The van der Waals surface area contributed by atoms with Crippen LogP contribution in [0.4, 0.5) is 0 Å². The third-order valence-corrected chi connectivity index (χ3v) is 2.27. The Kier molecular flexibility index (Phi) is 1.94. The maximum atomic E-state index is 3.34. The van der Waals surface area contributed by atoms with Crippen LogP contribution in [0.3, 0.4) is 0 Å². The van der Waals surface area contributed by atoms with Crippen LogP contribution in [0.25, 0.3) is 0 Å². The zero-order valence-corrected chi connectivity index (χ0v) is 6.52. The quantitative estimate of drug-likeness (QED) is 0.464. The lowest BCUT2D eigenvalue weighted by atomic mass is 9.82. The number of rotatable bonds is 0. The van der Waals surface area contributed by atoms with Gasteiger partial charge in [-0.25, -0.2) is 0 Å². The van der Waals surface area contributed by atoms with Gasteiger partial charge in [-0.1, -0.05) is 26.8 Å². The molecule has 0 aliphatic heterocycles. The molecular formula is C9H15. The van der Waals surface area contributed by atoms with Gasteiger partial charge in [0, 0.05) is 0 Å². The summed E-state index contributed by atoms with van der Waals surface area (Å²) in [5.74, 6) is 2.30. The lowest BCUT2D eigenvalue weighted by Gasteiger charge is -2.23. The molecule has 3 atom stereocenters. The van der Waals surface area contributed by atoms with Crippen molar-refractivity contribution in [1.82, 2.24) is 0 Å². The van der Waals surface area contributed by atoms with Gasteiger partial charge < -0.3 is 0 Å². The van der Waals surface area contributed by atoms with Gasteiger partial charge in [-0.3, -0.25) is 0 Å². The van der Waals surface area contributed by atoms with Crippen molar-refractivity contribution in [3.8, 4) is 0 Å². The van der Waals surface area contributed by atoms with Gasteiger partial charge in [0.2, 0.25) is 0 Å². The molecule has 0 saturated carbocycles. The van der Waals surface area contributed by atoms with Crippen molar-refractivity contribution in [2.24, 2.45) is 17.8 Å². The van der Waals surface area contributed by atoms with E-state index in [1.165, 1.54) is 6.42 Å². The van der Waals surface area contributed by atoms with Crippen molar-refractivity contribution in [3.05, 3.63) is 12.2 Å². The maximum absolute atomic E-state index is 3.34. The highest BCUT2D eigenvalue weighted by Crippen LogP contribution is 2.26. The summed E-state index contributed by atoms with van der Waals surface area (Å²) in [5, 5.41) is 0. The predicted molar refractivity (Wildman–Crippen MR) is 39.9 cm³/mol. The Hall–Kier alpha value is -0.260. The minimum Gasteiger partial charge on any atom is -0.0777 e. The molecule has 0 spiro atoms. The van der Waals surface area contributed by atoms with Gasteiger partial charge in [0.05, 0.1) is 0 Å². The smallest absolute Gasteiger partial charge is 0.0188 e. The van der Waals surface area contributed by atoms with Crippen molar-refractivity contribution in [2.45, 2.75) is 27.2 Å². The minimum absolute atomic E-state index is 0.691. The monoisotopic (exact) mass is 123 g/mol. The molecule has 3 unspecified atom stereocenters. The molecular weight excluding hydrogens is 108 g/mol. The van der Waals surface area contributed by atoms with Crippen LogP contribution in [0.2, 0.25) is 0 Å². The molecule has 9 heavy (non-hydrogen) atoms. The van der Waals surface area contributed by atoms with E-state index in [9.17, 15) is 0 Å². The molecule has 1 aliphatic carbocycles. The Morgan fingerprint density at radius 1 is 1.33 bits per heavy atom. The average Bonchev–Trinajstić information content (AvgIpc) is 1.80. The molecule has 0 heteroatoms. The summed E-state index contributed by atoms with van der Waals surface area (Å²) in [7, 11) is 0. The Morgan fingerprint density at radius 3 is 2.44 bits per heavy atom. The van der Waals surface area contributed by atoms with Crippen LogP contribution in [0.1, 0.15) is 27.2 Å². The molecule has 1 radical (unpaired) electrons. The first-order valence-corrected chi connectivity index (χ1v) is 3.79. The first-order valence-electron chi connectivity index (χ1n) is 3.79. The molecule has 0 nitrogen and oxygen atoms in total. The Balaban J connectivity index is 2.54. The van der Waals surface area contributed by atoms with Gasteiger partial charge >= 0.3 is 0 Å². The second-order valence-corrected chi connectivity index (χ2v) is 3.31. The van der Waals surface area contributed by atoms with E-state index in [-0.39, 0.29) is 0 Å². The van der Waals surface area contributed by atoms with E-state index >= 15 is 0 Å². The molecule has 0 N–H and O–H groups in total. The van der Waals surface area contributed by atoms with E-state index in [1.54, 1.807) is 0 Å². The lowest BCUT2D eigenvalue weighted by molar-refractivity contribution is 0.357. The fourth-order valence-corrected chi connectivity index (χ4v) is 1.32. The Morgan fingerprint density at radius 2 is 2.00 bits per heavy atom. The van der Waals surface area contributed by atoms with E-state index in [4.69, 9.17) is 0 Å². The van der Waals surface area contributed by atoms with Crippen LogP contribution < -0.4 is 0 Å². The largest absolute Gasteiger partial charge is 0.0777 e. The van der Waals surface area contributed by atoms with Crippen molar-refractivity contribution in [3.63, 3.8) is 0 Å². The van der Waals surface area contributed by atoms with Crippen LogP contribution in [0, 0.1) is 23.8 Å². The molecule has 0 saturated heterocycles. The molecule has 0 aromatic heterocycles. The van der Waals surface area contributed by atoms with E-state index in [2.05, 4.69) is 32.9 Å². The van der Waals surface area contributed by atoms with Gasteiger partial charge in [-0.15, -0.1) is 0 Å². The predicted octanol–water partition coefficient (Wildman–Crippen LogP) is 2.66. The third kappa shape index (κ3) is 1.57. The maximum Gasteiger partial charge on any atom is -0.0188 e. The van der Waals surface area contributed by atoms with Gasteiger partial charge in [0.25, 0.3) is 0 Å². The zero-order valence-electron chi connectivity index (χ0n) is 6.52. The molecule has 0 aromatic carbocycles. The highest BCUT2D eigenvalue weighted by molar-refractivity contribution is 4.91. The molecule has 0 fully saturated rings. The van der Waals surface area contributed by atoms with Crippen LogP contribution in [0.5, 0.6) is 0 Å². The molecule has 1 rings (SSSR count). The van der Waals surface area contributed by atoms with Crippen molar-refractivity contribution in [2.75, 3.05) is 0 Å². The average molecular weight is 123 g/mol. The fourth-order valence-electron chi connectivity index (χ4n) is 1.32. The SMILES string of the molecule is CC1[C]=CC(C)C(C)C1. The Bertz CT molecular complexity index is 113. The fraction of sp³-hybridized carbons (Fsp3) is 0.778. The summed E-state index contributed by atoms with van der Waals surface area (Å²) in [4.78, 5) is 0. The first kappa shape index (κ1) is 6.85. The second kappa shape index (κ2) is 2.55. The zero-order chi connectivity index (χ0) is 6.85. The Labute approximate surface area is 58.0 Å². The van der Waals surface area contributed by atoms with Crippen molar-refractivity contribution < 1.29 is 0 Å². The lowest BCUT2D eigenvalue weighted by Crippen LogP contribution is -2.13. The van der Waals surface area contributed by atoms with Crippen LogP contribution in [-0.4, -0.2) is 0 Å². The first-order chi connectivity index (χ1) is 4.20. The number of hydrogen-bond acceptors (Lipinski definition) is 0. The summed E-state index contributed by atoms with van der Waals surface area (Å²) in [6.07, 6.45) is 6.88. The number of allylic oxidation sites excluding steroid dienone is 2. The normalized spacial score (nSPS) is 43.2. The molecule has 0 heterocycles. The summed E-state index contributed by atoms with van der Waals surface area (Å²) in [6, 6.07) is 0. The van der Waals surface area contributed by atoms with Crippen LogP contribution in [-0.2, 0) is 0 Å². The van der Waals surface area contributed by atoms with Crippen LogP contribution in [0.15, 0.2) is 6.08 Å². The van der Waals surface area contributed by atoms with E-state index in [1.807, 2.05) is 0 Å². The summed E-state index contributed by atoms with van der Waals surface area (Å²) < 4.78 is 0. The third-order valence-electron chi connectivity index (χ3n) is 2.27. The van der Waals surface area contributed by atoms with E-state index in [0.717, 1.165) is 11.8 Å². The summed E-state index contributed by atoms with van der Waals surface area (Å²) in [5.41, 5.74) is 0. The van der Waals surface area contributed by atoms with Crippen molar-refractivity contribution in [1.29, 1.82) is 0 Å².